The van der Waals surface area contributed by atoms with Crippen molar-refractivity contribution in [1.29, 1.82) is 0 Å². The second kappa shape index (κ2) is 7.04. The van der Waals surface area contributed by atoms with E-state index in [1.807, 2.05) is 0 Å². The van der Waals surface area contributed by atoms with Gasteiger partial charge in [-0.1, -0.05) is 20.8 Å². The van der Waals surface area contributed by atoms with Gasteiger partial charge in [0, 0.05) is 31.5 Å². The van der Waals surface area contributed by atoms with Gasteiger partial charge in [-0.05, 0) is 104 Å². The van der Waals surface area contributed by atoms with E-state index in [9.17, 15) is 9.90 Å². The smallest absolute Gasteiger partial charge is 0.136 e. The molecular weight excluding hydrogens is 370 g/mol. The average molecular weight is 414 g/mol. The van der Waals surface area contributed by atoms with E-state index < -0.39 is 0 Å². The zero-order valence-electron chi connectivity index (χ0n) is 19.4. The van der Waals surface area contributed by atoms with Crippen molar-refractivity contribution in [3.05, 3.63) is 0 Å². The highest BCUT2D eigenvalue weighted by Crippen LogP contribution is 2.66. The summed E-state index contributed by atoms with van der Waals surface area (Å²) in [5, 5.41) is 10.3. The lowest BCUT2D eigenvalue weighted by Gasteiger charge is -2.56. The van der Waals surface area contributed by atoms with Gasteiger partial charge in [-0.2, -0.15) is 0 Å². The Kier molecular flexibility index (Phi) is 4.75. The lowest BCUT2D eigenvalue weighted by Crippen LogP contribution is -2.58. The van der Waals surface area contributed by atoms with Gasteiger partial charge in [0.2, 0.25) is 0 Å². The molecule has 4 saturated carbocycles. The number of fused-ring (bicyclic) bond motifs is 8. The first kappa shape index (κ1) is 20.2. The van der Waals surface area contributed by atoms with E-state index in [0.717, 1.165) is 73.2 Å². The van der Waals surface area contributed by atoms with Crippen LogP contribution < -0.4 is 0 Å². The van der Waals surface area contributed by atoms with Crippen molar-refractivity contribution in [2.75, 3.05) is 13.1 Å². The SMILES string of the molecule is C[C@H]1CC[C@@H]2[C@H](C)[C@@H]3CC[C@@H]4[C@@H](C[C@H]5[C@H]4CC(=O)[C@H]4C[C@@H](O)CC[C@@]45C)[C@@H]3CN2C1. The van der Waals surface area contributed by atoms with Crippen molar-refractivity contribution in [1.82, 2.24) is 4.90 Å². The van der Waals surface area contributed by atoms with Crippen LogP contribution in [0.3, 0.4) is 0 Å². The second-order valence-corrected chi connectivity index (χ2v) is 13.0. The zero-order valence-corrected chi connectivity index (χ0v) is 19.4. The molecule has 3 heteroatoms. The molecule has 2 saturated heterocycles. The largest absolute Gasteiger partial charge is 0.393 e. The van der Waals surface area contributed by atoms with Crippen molar-refractivity contribution in [2.45, 2.75) is 90.7 Å². The van der Waals surface area contributed by atoms with E-state index in [-0.39, 0.29) is 17.4 Å². The summed E-state index contributed by atoms with van der Waals surface area (Å²) in [4.78, 5) is 16.1. The summed E-state index contributed by atoms with van der Waals surface area (Å²) in [6.45, 7) is 10.1. The molecule has 12 atom stereocenters. The van der Waals surface area contributed by atoms with Crippen LogP contribution in [0.2, 0.25) is 0 Å². The van der Waals surface area contributed by atoms with Crippen molar-refractivity contribution in [2.24, 2.45) is 58.7 Å². The predicted molar refractivity (Wildman–Crippen MR) is 119 cm³/mol. The number of carbonyl (C=O) groups is 1. The molecule has 2 heterocycles. The fourth-order valence-corrected chi connectivity index (χ4v) is 10.3. The highest BCUT2D eigenvalue weighted by molar-refractivity contribution is 5.83. The quantitative estimate of drug-likeness (QED) is 0.622. The molecule has 0 aromatic heterocycles. The van der Waals surface area contributed by atoms with Gasteiger partial charge in [0.1, 0.15) is 5.78 Å². The molecule has 0 amide bonds. The Bertz CT molecular complexity index is 705. The van der Waals surface area contributed by atoms with Crippen LogP contribution in [0, 0.1) is 58.7 Å². The number of aliphatic hydroxyl groups excluding tert-OH is 1. The molecule has 3 nitrogen and oxygen atoms in total. The molecule has 0 unspecified atom stereocenters. The highest BCUT2D eigenvalue weighted by atomic mass is 16.3. The maximum Gasteiger partial charge on any atom is 0.136 e. The third-order valence-electron chi connectivity index (χ3n) is 11.8. The molecule has 0 aromatic carbocycles. The molecular formula is C27H43NO2. The molecule has 0 bridgehead atoms. The van der Waals surface area contributed by atoms with E-state index in [1.54, 1.807) is 0 Å². The predicted octanol–water partition coefficient (Wildman–Crippen LogP) is 4.77. The van der Waals surface area contributed by atoms with Crippen LogP contribution in [-0.4, -0.2) is 41.0 Å². The number of piperidine rings is 2. The number of hydrogen-bond acceptors (Lipinski definition) is 3. The molecule has 2 aliphatic heterocycles. The van der Waals surface area contributed by atoms with Gasteiger partial charge in [0.05, 0.1) is 6.10 Å². The first-order chi connectivity index (χ1) is 14.4. The number of carbonyl (C=O) groups excluding carboxylic acids is 1. The maximum atomic E-state index is 13.2. The molecule has 1 N–H and O–H groups in total. The Morgan fingerprint density at radius 1 is 0.900 bits per heavy atom. The van der Waals surface area contributed by atoms with E-state index in [4.69, 9.17) is 0 Å². The van der Waals surface area contributed by atoms with Crippen LogP contribution in [0.5, 0.6) is 0 Å². The topological polar surface area (TPSA) is 40.5 Å². The summed E-state index contributed by atoms with van der Waals surface area (Å²) in [5.74, 6) is 7.19. The minimum absolute atomic E-state index is 0.135. The summed E-state index contributed by atoms with van der Waals surface area (Å²) in [7, 11) is 0. The highest BCUT2D eigenvalue weighted by Gasteiger charge is 2.62. The average Bonchev–Trinajstić information content (AvgIpc) is 3.09. The number of rotatable bonds is 0. The second-order valence-electron chi connectivity index (χ2n) is 13.0. The number of ketones is 1. The normalized spacial score (nSPS) is 58.3. The summed E-state index contributed by atoms with van der Waals surface area (Å²) in [5.41, 5.74) is 0.161. The Labute approximate surface area is 183 Å². The molecule has 6 fully saturated rings. The standard InChI is InChI=1S/C27H43NO2/c1-15-4-7-25-16(2)18-5-6-19-20(22(18)14-28(25)13-15)11-23-21(19)12-26(30)24-10-17(29)8-9-27(23,24)3/h15-25,29H,4-14H2,1-3H3/t15-,16+,17-,18-,19+,20+,21-,22+,23-,24+,25+,27+/m0/s1. The van der Waals surface area contributed by atoms with Crippen molar-refractivity contribution >= 4 is 5.78 Å². The van der Waals surface area contributed by atoms with Crippen LogP contribution >= 0.6 is 0 Å². The summed E-state index contributed by atoms with van der Waals surface area (Å²) >= 11 is 0. The first-order valence-electron chi connectivity index (χ1n) is 13.3. The van der Waals surface area contributed by atoms with Crippen LogP contribution in [0.1, 0.15) is 78.6 Å². The van der Waals surface area contributed by atoms with E-state index in [2.05, 4.69) is 25.7 Å². The Hall–Kier alpha value is -0.410. The Morgan fingerprint density at radius 3 is 2.53 bits per heavy atom. The van der Waals surface area contributed by atoms with Crippen molar-refractivity contribution < 1.29 is 9.90 Å². The van der Waals surface area contributed by atoms with Crippen molar-refractivity contribution in [3.8, 4) is 0 Å². The molecule has 0 spiro atoms. The van der Waals surface area contributed by atoms with Gasteiger partial charge in [0.15, 0.2) is 0 Å². The number of nitrogens with zero attached hydrogens (tertiary/aromatic N) is 1. The molecule has 168 valence electrons. The van der Waals surface area contributed by atoms with Gasteiger partial charge >= 0.3 is 0 Å². The molecule has 4 aliphatic carbocycles. The Morgan fingerprint density at radius 2 is 1.70 bits per heavy atom. The summed E-state index contributed by atoms with van der Waals surface area (Å²) < 4.78 is 0. The van der Waals surface area contributed by atoms with Gasteiger partial charge in [-0.25, -0.2) is 0 Å². The lowest BCUT2D eigenvalue weighted by atomic mass is 9.51. The molecule has 0 aromatic rings. The van der Waals surface area contributed by atoms with Crippen LogP contribution in [0.15, 0.2) is 0 Å². The number of hydrogen-bond donors (Lipinski definition) is 1. The fraction of sp³-hybridized carbons (Fsp3) is 0.963. The molecule has 0 radical (unpaired) electrons. The van der Waals surface area contributed by atoms with Gasteiger partial charge < -0.3 is 5.11 Å². The monoisotopic (exact) mass is 413 g/mol. The van der Waals surface area contributed by atoms with E-state index in [0.29, 0.717) is 11.7 Å². The Balaban J connectivity index is 1.28. The summed E-state index contributed by atoms with van der Waals surface area (Å²) in [6, 6.07) is 0.839. The third kappa shape index (κ3) is 2.79. The van der Waals surface area contributed by atoms with Crippen molar-refractivity contribution in [3.63, 3.8) is 0 Å². The number of Topliss-reactive ketones (excluding diaryl/α,β-unsaturated/α-hetero) is 1. The molecule has 30 heavy (non-hydrogen) atoms. The minimum atomic E-state index is -0.242. The van der Waals surface area contributed by atoms with Gasteiger partial charge in [-0.15, -0.1) is 0 Å². The lowest BCUT2D eigenvalue weighted by molar-refractivity contribution is -0.145. The van der Waals surface area contributed by atoms with Crippen LogP contribution in [0.25, 0.3) is 0 Å². The zero-order chi connectivity index (χ0) is 20.8. The summed E-state index contributed by atoms with van der Waals surface area (Å²) in [6.07, 6.45) is 10.3. The molecule has 6 rings (SSSR count). The van der Waals surface area contributed by atoms with E-state index >= 15 is 0 Å². The van der Waals surface area contributed by atoms with Gasteiger partial charge in [-0.3, -0.25) is 9.69 Å². The first-order valence-corrected chi connectivity index (χ1v) is 13.3. The fourth-order valence-electron chi connectivity index (χ4n) is 10.3. The van der Waals surface area contributed by atoms with Gasteiger partial charge in [0.25, 0.3) is 0 Å². The third-order valence-corrected chi connectivity index (χ3v) is 11.8. The van der Waals surface area contributed by atoms with E-state index in [1.165, 1.54) is 45.2 Å². The minimum Gasteiger partial charge on any atom is -0.393 e. The van der Waals surface area contributed by atoms with Crippen LogP contribution in [-0.2, 0) is 4.79 Å². The van der Waals surface area contributed by atoms with Crippen LogP contribution in [0.4, 0.5) is 0 Å². The molecule has 6 aliphatic rings. The maximum absolute atomic E-state index is 13.2. The number of aliphatic hydroxyl groups is 1.